The van der Waals surface area contributed by atoms with Gasteiger partial charge in [0.15, 0.2) is 0 Å². The summed E-state index contributed by atoms with van der Waals surface area (Å²) in [6, 6.07) is 0. The summed E-state index contributed by atoms with van der Waals surface area (Å²) >= 11 is 0.874. The van der Waals surface area contributed by atoms with Crippen molar-refractivity contribution >= 4 is 22.3 Å². The molecule has 0 saturated carbocycles. The van der Waals surface area contributed by atoms with Gasteiger partial charge in [0, 0.05) is 0 Å². The van der Waals surface area contributed by atoms with E-state index in [1.807, 2.05) is 0 Å². The van der Waals surface area contributed by atoms with Crippen LogP contribution in [0.25, 0.3) is 0 Å². The molecule has 0 atom stereocenters. The summed E-state index contributed by atoms with van der Waals surface area (Å²) < 4.78 is 0. The van der Waals surface area contributed by atoms with Crippen molar-refractivity contribution in [2.45, 2.75) is 18.6 Å². The Morgan fingerprint density at radius 2 is 2.33 bits per heavy atom. The van der Waals surface area contributed by atoms with Crippen LogP contribution in [0.2, 0.25) is 5.25 Å². The van der Waals surface area contributed by atoms with Gasteiger partial charge in [-0.2, -0.15) is 0 Å². The van der Waals surface area contributed by atoms with E-state index in [4.69, 9.17) is 0 Å². The molecule has 0 unspecified atom stereocenters. The zero-order valence-corrected chi connectivity index (χ0v) is 8.52. The molecule has 0 aromatic rings. The molecule has 0 aromatic carbocycles. The summed E-state index contributed by atoms with van der Waals surface area (Å²) in [5, 5.41) is 1.17. The van der Waals surface area contributed by atoms with E-state index in [9.17, 15) is 4.79 Å². The summed E-state index contributed by atoms with van der Waals surface area (Å²) in [4.78, 5) is 10.1. The Bertz CT molecular complexity index is 51.5. The van der Waals surface area contributed by atoms with Crippen molar-refractivity contribution in [2.75, 3.05) is 0 Å². The average molecular weight is 147 g/mol. The summed E-state index contributed by atoms with van der Waals surface area (Å²) in [5.74, 6) is 0.336. The molecule has 0 N–H and O–H groups in total. The Morgan fingerprint density at radius 1 is 1.83 bits per heavy atom. The van der Waals surface area contributed by atoms with Gasteiger partial charge in [-0.05, 0) is 0 Å². The van der Waals surface area contributed by atoms with Crippen LogP contribution in [-0.2, 0) is 4.79 Å². The molecule has 0 rings (SSSR count). The van der Waals surface area contributed by atoms with Crippen LogP contribution in [0.4, 0.5) is 0 Å². The van der Waals surface area contributed by atoms with Crippen molar-refractivity contribution < 1.29 is 4.79 Å². The normalized spacial score (nSPS) is 8.83. The molecule has 0 bridgehead atoms. The first-order chi connectivity index (χ1) is 2.77. The number of carbonyl (C=O) groups is 1. The molecular formula is C4H10GeO. The van der Waals surface area contributed by atoms with Crippen LogP contribution >= 0.6 is 0 Å². The Hall–Kier alpha value is 0.213. The predicted octanol–water partition coefficient (Wildman–Crippen LogP) is -0.251. The van der Waals surface area contributed by atoms with Crippen LogP contribution < -0.4 is 0 Å². The number of ketones is 1. The van der Waals surface area contributed by atoms with Crippen molar-refractivity contribution in [3.05, 3.63) is 0 Å². The fourth-order valence-electron chi connectivity index (χ4n) is 0.352. The molecule has 0 aliphatic carbocycles. The van der Waals surface area contributed by atoms with E-state index in [0.29, 0.717) is 5.78 Å². The molecule has 0 aliphatic heterocycles. The second-order valence-corrected chi connectivity index (χ2v) is 3.55. The van der Waals surface area contributed by atoms with E-state index in [-0.39, 0.29) is 0 Å². The molecule has 0 heterocycles. The Morgan fingerprint density at radius 3 is 2.33 bits per heavy atom. The van der Waals surface area contributed by atoms with Crippen LogP contribution in [0.15, 0.2) is 0 Å². The molecule has 36 valence electrons. The molecule has 0 spiro atoms. The third kappa shape index (κ3) is 4.21. The molecule has 0 fully saturated rings. The van der Waals surface area contributed by atoms with Gasteiger partial charge in [0.1, 0.15) is 0 Å². The first-order valence-electron chi connectivity index (χ1n) is 2.26. The monoisotopic (exact) mass is 148 g/mol. The average Bonchev–Trinajstić information content (AvgIpc) is 1.35. The van der Waals surface area contributed by atoms with Gasteiger partial charge in [-0.15, -0.1) is 0 Å². The Kier molecular flexibility index (Phi) is 3.53. The van der Waals surface area contributed by atoms with Crippen LogP contribution in [0.5, 0.6) is 0 Å². The van der Waals surface area contributed by atoms with Gasteiger partial charge in [-0.25, -0.2) is 0 Å². The summed E-state index contributed by atoms with van der Waals surface area (Å²) in [6.07, 6.45) is 0.819. The van der Waals surface area contributed by atoms with E-state index in [0.717, 1.165) is 22.9 Å². The number of Topliss-reactive ketones (excluding diaryl/α,β-unsaturated/α-hetero) is 1. The van der Waals surface area contributed by atoms with Crippen molar-refractivity contribution in [2.24, 2.45) is 0 Å². The van der Waals surface area contributed by atoms with Gasteiger partial charge in [0.2, 0.25) is 0 Å². The molecule has 0 amide bonds. The summed E-state index contributed by atoms with van der Waals surface area (Å²) in [6.45, 7) is 1.64. The van der Waals surface area contributed by atoms with Crippen molar-refractivity contribution in [3.63, 3.8) is 0 Å². The summed E-state index contributed by atoms with van der Waals surface area (Å²) in [5.41, 5.74) is 0. The quantitative estimate of drug-likeness (QED) is 0.492. The number of hydrogen-bond donors (Lipinski definition) is 0. The third-order valence-corrected chi connectivity index (χ3v) is 1.65. The molecule has 2 heteroatoms. The van der Waals surface area contributed by atoms with Gasteiger partial charge < -0.3 is 0 Å². The van der Waals surface area contributed by atoms with Crippen molar-refractivity contribution in [1.29, 1.82) is 0 Å². The third-order valence-electron chi connectivity index (χ3n) is 0.602. The fraction of sp³-hybridized carbons (Fsp3) is 0.750. The first-order valence-corrected chi connectivity index (χ1v) is 5.23. The molecule has 0 radical (unpaired) electrons. The van der Waals surface area contributed by atoms with Crippen molar-refractivity contribution in [3.8, 4) is 0 Å². The predicted molar refractivity (Wildman–Crippen MR) is 30.0 cm³/mol. The summed E-state index contributed by atoms with van der Waals surface area (Å²) in [7, 11) is 0. The fourth-order valence-corrected chi connectivity index (χ4v) is 1.83. The van der Waals surface area contributed by atoms with E-state index in [1.54, 1.807) is 6.92 Å². The topological polar surface area (TPSA) is 17.1 Å². The van der Waals surface area contributed by atoms with E-state index >= 15 is 0 Å². The van der Waals surface area contributed by atoms with Crippen molar-refractivity contribution in [1.82, 2.24) is 0 Å². The second-order valence-electron chi connectivity index (χ2n) is 1.45. The zero-order valence-electron chi connectivity index (χ0n) is 4.32. The minimum atomic E-state index is 0.336. The Balaban J connectivity index is 2.83. The number of carbonyl (C=O) groups excluding carboxylic acids is 1. The van der Waals surface area contributed by atoms with Gasteiger partial charge in [-0.3, -0.25) is 0 Å². The van der Waals surface area contributed by atoms with E-state index in [1.165, 1.54) is 5.25 Å². The van der Waals surface area contributed by atoms with E-state index < -0.39 is 0 Å². The standard InChI is InChI=1S/C4H10GeO/c1-4(6)2-3-5/h2-3H2,1,5H3. The minimum absolute atomic E-state index is 0.336. The molecule has 0 aromatic heterocycles. The molecule has 1 nitrogen and oxygen atoms in total. The molecule has 6 heavy (non-hydrogen) atoms. The van der Waals surface area contributed by atoms with Crippen LogP contribution in [0, 0.1) is 0 Å². The van der Waals surface area contributed by atoms with Gasteiger partial charge in [0.25, 0.3) is 0 Å². The first kappa shape index (κ1) is 6.21. The second kappa shape index (κ2) is 3.40. The number of hydrogen-bond acceptors (Lipinski definition) is 1. The van der Waals surface area contributed by atoms with Gasteiger partial charge in [0.05, 0.1) is 0 Å². The molecule has 0 saturated heterocycles. The zero-order chi connectivity index (χ0) is 4.99. The van der Waals surface area contributed by atoms with Gasteiger partial charge in [-0.1, -0.05) is 0 Å². The van der Waals surface area contributed by atoms with Gasteiger partial charge >= 0.3 is 45.7 Å². The van der Waals surface area contributed by atoms with Crippen LogP contribution in [0.1, 0.15) is 13.3 Å². The van der Waals surface area contributed by atoms with Crippen LogP contribution in [-0.4, -0.2) is 22.3 Å². The maximum atomic E-state index is 10.1. The SMILES string of the molecule is CC(=O)C[CH2][GeH3]. The molecule has 0 aliphatic rings. The van der Waals surface area contributed by atoms with E-state index in [2.05, 4.69) is 0 Å². The molecular weight excluding hydrogens is 137 g/mol. The van der Waals surface area contributed by atoms with Crippen LogP contribution in [0.3, 0.4) is 0 Å². The maximum absolute atomic E-state index is 10.1. The number of rotatable bonds is 2. The Labute approximate surface area is 46.3 Å².